The van der Waals surface area contributed by atoms with Gasteiger partial charge in [0.1, 0.15) is 0 Å². The lowest BCUT2D eigenvalue weighted by Gasteiger charge is -2.31. The molecule has 0 aliphatic heterocycles. The third kappa shape index (κ3) is 3.75. The second-order valence-electron chi connectivity index (χ2n) is 5.88. The quantitative estimate of drug-likeness (QED) is 0.273. The molecule has 2 aromatic carbocycles. The predicted molar refractivity (Wildman–Crippen MR) is 96.7 cm³/mol. The third-order valence-electron chi connectivity index (χ3n) is 4.12. The Labute approximate surface area is 159 Å². The fraction of sp³-hybridized carbons (Fsp3) is 0.167. The molecule has 0 aliphatic rings. The van der Waals surface area contributed by atoms with Crippen molar-refractivity contribution < 1.29 is 34.8 Å². The maximum atomic E-state index is 12.5. The number of phenols is 4. The second kappa shape index (κ2) is 7.74. The molecule has 0 aliphatic carbocycles. The lowest BCUT2D eigenvalue weighted by Crippen LogP contribution is -2.67. The topological polar surface area (TPSA) is 182 Å². The molecular formula is C18H19N3O7. The van der Waals surface area contributed by atoms with Crippen molar-refractivity contribution >= 4 is 17.7 Å². The fourth-order valence-corrected chi connectivity index (χ4v) is 2.46. The van der Waals surface area contributed by atoms with Gasteiger partial charge in [0, 0.05) is 0 Å². The maximum Gasteiger partial charge on any atom is 0.264 e. The van der Waals surface area contributed by atoms with Crippen molar-refractivity contribution in [2.24, 2.45) is 5.73 Å². The first-order valence-corrected chi connectivity index (χ1v) is 8.09. The first-order chi connectivity index (χ1) is 13.1. The van der Waals surface area contributed by atoms with Crippen LogP contribution in [0.2, 0.25) is 0 Å². The number of nitrogens with one attached hydrogen (secondary N) is 2. The number of phenolic OH excluding ortho intramolecular Hbond substituents is 4. The number of benzene rings is 2. The molecule has 2 aromatic rings. The Morgan fingerprint density at radius 3 is 1.57 bits per heavy atom. The van der Waals surface area contributed by atoms with E-state index in [0.29, 0.717) is 0 Å². The maximum absolute atomic E-state index is 12.5. The molecule has 0 saturated carbocycles. The van der Waals surface area contributed by atoms with Crippen molar-refractivity contribution in [1.29, 1.82) is 0 Å². The molecule has 0 bridgehead atoms. The van der Waals surface area contributed by atoms with Gasteiger partial charge in [-0.15, -0.1) is 0 Å². The minimum atomic E-state index is -2.08. The van der Waals surface area contributed by atoms with Crippen molar-refractivity contribution in [1.82, 2.24) is 10.6 Å². The average molecular weight is 389 g/mol. The van der Waals surface area contributed by atoms with Gasteiger partial charge in [0.25, 0.3) is 17.7 Å². The summed E-state index contributed by atoms with van der Waals surface area (Å²) in [7, 11) is 0. The highest BCUT2D eigenvalue weighted by atomic mass is 16.3. The molecule has 2 rings (SSSR count). The zero-order valence-corrected chi connectivity index (χ0v) is 14.8. The number of rotatable bonds is 6. The molecule has 0 radical (unpaired) electrons. The van der Waals surface area contributed by atoms with Crippen LogP contribution in [-0.4, -0.2) is 43.8 Å². The van der Waals surface area contributed by atoms with Crippen LogP contribution in [0.5, 0.6) is 23.0 Å². The van der Waals surface area contributed by atoms with E-state index < -0.39 is 46.4 Å². The summed E-state index contributed by atoms with van der Waals surface area (Å²) in [6.45, 7) is 1.45. The van der Waals surface area contributed by atoms with Crippen LogP contribution in [0.25, 0.3) is 0 Å². The van der Waals surface area contributed by atoms with Gasteiger partial charge in [0.05, 0.1) is 11.1 Å². The van der Waals surface area contributed by atoms with Crippen LogP contribution in [0.1, 0.15) is 34.1 Å². The van der Waals surface area contributed by atoms with E-state index in [1.807, 2.05) is 0 Å². The number of hydrogen-bond donors (Lipinski definition) is 7. The van der Waals surface area contributed by atoms with E-state index in [0.717, 1.165) is 12.1 Å². The van der Waals surface area contributed by atoms with Crippen LogP contribution in [0, 0.1) is 0 Å². The van der Waals surface area contributed by atoms with Crippen LogP contribution in [0.15, 0.2) is 36.4 Å². The first kappa shape index (κ1) is 20.4. The van der Waals surface area contributed by atoms with Crippen LogP contribution >= 0.6 is 0 Å². The molecule has 148 valence electrons. The first-order valence-electron chi connectivity index (χ1n) is 8.09. The normalized spacial score (nSPS) is 10.9. The Morgan fingerprint density at radius 1 is 0.857 bits per heavy atom. The summed E-state index contributed by atoms with van der Waals surface area (Å²) in [6.07, 6.45) is -0.182. The van der Waals surface area contributed by atoms with E-state index in [9.17, 15) is 34.8 Å². The van der Waals surface area contributed by atoms with E-state index in [1.165, 1.54) is 31.2 Å². The largest absolute Gasteiger partial charge is 0.504 e. The van der Waals surface area contributed by atoms with Crippen molar-refractivity contribution in [3.05, 3.63) is 47.5 Å². The summed E-state index contributed by atoms with van der Waals surface area (Å²) in [5, 5.41) is 43.2. The van der Waals surface area contributed by atoms with Gasteiger partial charge in [-0.05, 0) is 30.7 Å². The molecular weight excluding hydrogens is 370 g/mol. The van der Waals surface area contributed by atoms with Gasteiger partial charge >= 0.3 is 0 Å². The van der Waals surface area contributed by atoms with Crippen molar-refractivity contribution in [2.75, 3.05) is 0 Å². The zero-order chi connectivity index (χ0) is 21.1. The fourth-order valence-electron chi connectivity index (χ4n) is 2.46. The Balaban J connectivity index is 2.37. The van der Waals surface area contributed by atoms with Gasteiger partial charge in [-0.3, -0.25) is 14.4 Å². The molecule has 0 fully saturated rings. The van der Waals surface area contributed by atoms with E-state index in [1.54, 1.807) is 0 Å². The molecule has 0 aromatic heterocycles. The molecule has 0 spiro atoms. The van der Waals surface area contributed by atoms with Crippen molar-refractivity contribution in [3.8, 4) is 23.0 Å². The summed E-state index contributed by atoms with van der Waals surface area (Å²) in [4.78, 5) is 37.1. The number of nitrogens with two attached hydrogens (primary N) is 1. The number of carbonyl (C=O) groups is 3. The SMILES string of the molecule is CCC(NC(=O)c1cccc(O)c1O)(NC(=O)c1cccc(O)c1O)C(N)=O. The number of carbonyl (C=O) groups excluding carboxylic acids is 3. The number of hydrogen-bond acceptors (Lipinski definition) is 7. The van der Waals surface area contributed by atoms with E-state index in [-0.39, 0.29) is 17.5 Å². The van der Waals surface area contributed by atoms with Gasteiger partial charge in [-0.25, -0.2) is 0 Å². The van der Waals surface area contributed by atoms with Crippen molar-refractivity contribution in [3.63, 3.8) is 0 Å². The minimum Gasteiger partial charge on any atom is -0.504 e. The number of aromatic hydroxyl groups is 4. The number of amides is 3. The predicted octanol–water partition coefficient (Wildman–Crippen LogP) is 0.260. The summed E-state index contributed by atoms with van der Waals surface area (Å²) >= 11 is 0. The average Bonchev–Trinajstić information content (AvgIpc) is 2.65. The molecule has 3 amide bonds. The lowest BCUT2D eigenvalue weighted by molar-refractivity contribution is -0.125. The molecule has 0 unspecified atom stereocenters. The number of primary amides is 1. The second-order valence-corrected chi connectivity index (χ2v) is 5.88. The Bertz CT molecular complexity index is 877. The van der Waals surface area contributed by atoms with Crippen LogP contribution in [0.4, 0.5) is 0 Å². The summed E-state index contributed by atoms with van der Waals surface area (Å²) in [5.74, 6) is -5.64. The van der Waals surface area contributed by atoms with Crippen LogP contribution in [0.3, 0.4) is 0 Å². The van der Waals surface area contributed by atoms with Gasteiger partial charge < -0.3 is 36.8 Å². The van der Waals surface area contributed by atoms with Crippen molar-refractivity contribution in [2.45, 2.75) is 19.0 Å². The summed E-state index contributed by atoms with van der Waals surface area (Å²) < 4.78 is 0. The lowest BCUT2D eigenvalue weighted by atomic mass is 10.0. The van der Waals surface area contributed by atoms with Gasteiger partial charge in [-0.1, -0.05) is 19.1 Å². The summed E-state index contributed by atoms with van der Waals surface area (Å²) in [5.41, 5.74) is 2.59. The highest BCUT2D eigenvalue weighted by Crippen LogP contribution is 2.30. The molecule has 28 heavy (non-hydrogen) atoms. The van der Waals surface area contributed by atoms with Gasteiger partial charge in [0.2, 0.25) is 0 Å². The monoisotopic (exact) mass is 389 g/mol. The van der Waals surface area contributed by atoms with E-state index in [4.69, 9.17) is 5.73 Å². The highest BCUT2D eigenvalue weighted by molar-refractivity contribution is 6.05. The molecule has 0 saturated heterocycles. The molecule has 0 atom stereocenters. The van der Waals surface area contributed by atoms with Crippen LogP contribution < -0.4 is 16.4 Å². The van der Waals surface area contributed by atoms with Crippen LogP contribution in [-0.2, 0) is 4.79 Å². The Morgan fingerprint density at radius 2 is 1.25 bits per heavy atom. The minimum absolute atomic E-state index is 0.182. The van der Waals surface area contributed by atoms with E-state index >= 15 is 0 Å². The zero-order valence-electron chi connectivity index (χ0n) is 14.8. The van der Waals surface area contributed by atoms with E-state index in [2.05, 4.69) is 10.6 Å². The van der Waals surface area contributed by atoms with Gasteiger partial charge in [-0.2, -0.15) is 0 Å². The molecule has 8 N–H and O–H groups in total. The Hall–Kier alpha value is -3.95. The van der Waals surface area contributed by atoms with Gasteiger partial charge in [0.15, 0.2) is 28.7 Å². The third-order valence-corrected chi connectivity index (χ3v) is 4.12. The molecule has 0 heterocycles. The summed E-state index contributed by atoms with van der Waals surface area (Å²) in [6, 6.07) is 7.28. The molecule has 10 heteroatoms. The number of para-hydroxylation sites is 2. The smallest absolute Gasteiger partial charge is 0.264 e. The molecule has 10 nitrogen and oxygen atoms in total. The standard InChI is InChI=1S/C18H19N3O7/c1-2-18(17(19)28,20-15(26)9-5-3-7-11(22)13(9)24)21-16(27)10-6-4-8-12(23)14(10)25/h3-8,22-25H,2H2,1H3,(H2,19,28)(H,20,26)(H,21,27). The Kier molecular flexibility index (Phi) is 5.63. The highest BCUT2D eigenvalue weighted by Gasteiger charge is 2.39.